The van der Waals surface area contributed by atoms with Crippen molar-refractivity contribution in [2.24, 2.45) is 0 Å². The van der Waals surface area contributed by atoms with Gasteiger partial charge >= 0.3 is 0 Å². The van der Waals surface area contributed by atoms with Crippen LogP contribution in [0.5, 0.6) is 0 Å². The maximum absolute atomic E-state index is 4.41. The molecular formula is C13H18BrN5. The molecule has 102 valence electrons. The van der Waals surface area contributed by atoms with Crippen molar-refractivity contribution in [2.45, 2.75) is 33.7 Å². The van der Waals surface area contributed by atoms with Crippen molar-refractivity contribution in [3.05, 3.63) is 33.8 Å². The average molecular weight is 324 g/mol. The molecule has 2 rings (SSSR count). The summed E-state index contributed by atoms with van der Waals surface area (Å²) in [7, 11) is 0. The standard InChI is InChI=1S/C13H18BrN5/c1-4-5-15-6-11-7-16-13(17-8-11)19-10(3)12(14)9(2)18-19/h7-8,15H,4-6H2,1-3H3. The van der Waals surface area contributed by atoms with E-state index in [0.717, 1.165) is 40.9 Å². The minimum absolute atomic E-state index is 0.602. The molecular weight excluding hydrogens is 306 g/mol. The van der Waals surface area contributed by atoms with Crippen molar-refractivity contribution in [1.82, 2.24) is 25.1 Å². The van der Waals surface area contributed by atoms with Gasteiger partial charge in [0.05, 0.1) is 15.9 Å². The summed E-state index contributed by atoms with van der Waals surface area (Å²) in [4.78, 5) is 8.74. The second-order valence-electron chi connectivity index (χ2n) is 4.46. The molecule has 0 unspecified atom stereocenters. The zero-order valence-corrected chi connectivity index (χ0v) is 13.0. The lowest BCUT2D eigenvalue weighted by atomic mass is 10.3. The normalized spacial score (nSPS) is 10.9. The molecule has 19 heavy (non-hydrogen) atoms. The Morgan fingerprint density at radius 2 is 1.95 bits per heavy atom. The molecule has 1 N–H and O–H groups in total. The summed E-state index contributed by atoms with van der Waals surface area (Å²) >= 11 is 3.50. The van der Waals surface area contributed by atoms with Gasteiger partial charge in [-0.25, -0.2) is 14.6 Å². The highest BCUT2D eigenvalue weighted by molar-refractivity contribution is 9.10. The van der Waals surface area contributed by atoms with Gasteiger partial charge < -0.3 is 5.32 Å². The van der Waals surface area contributed by atoms with E-state index in [-0.39, 0.29) is 0 Å². The summed E-state index contributed by atoms with van der Waals surface area (Å²) in [5.41, 5.74) is 3.03. The van der Waals surface area contributed by atoms with Gasteiger partial charge in [0, 0.05) is 24.5 Å². The van der Waals surface area contributed by atoms with E-state index >= 15 is 0 Å². The van der Waals surface area contributed by atoms with Crippen LogP contribution in [0.4, 0.5) is 0 Å². The number of hydrogen-bond donors (Lipinski definition) is 1. The Morgan fingerprint density at radius 1 is 1.26 bits per heavy atom. The molecule has 5 nitrogen and oxygen atoms in total. The lowest BCUT2D eigenvalue weighted by Gasteiger charge is -2.05. The monoisotopic (exact) mass is 323 g/mol. The Balaban J connectivity index is 2.15. The van der Waals surface area contributed by atoms with Gasteiger partial charge in [-0.1, -0.05) is 6.92 Å². The highest BCUT2D eigenvalue weighted by atomic mass is 79.9. The Morgan fingerprint density at radius 3 is 2.47 bits per heavy atom. The first-order chi connectivity index (χ1) is 9.13. The number of halogens is 1. The van der Waals surface area contributed by atoms with Crippen molar-refractivity contribution in [3.8, 4) is 5.95 Å². The van der Waals surface area contributed by atoms with E-state index in [1.807, 2.05) is 26.2 Å². The van der Waals surface area contributed by atoms with Crippen LogP contribution in [0.3, 0.4) is 0 Å². The average Bonchev–Trinajstić information content (AvgIpc) is 2.68. The molecule has 0 bridgehead atoms. The Labute approximate surface area is 121 Å². The first kappa shape index (κ1) is 14.1. The van der Waals surface area contributed by atoms with E-state index in [2.05, 4.69) is 43.2 Å². The van der Waals surface area contributed by atoms with Crippen LogP contribution < -0.4 is 5.32 Å². The highest BCUT2D eigenvalue weighted by Gasteiger charge is 2.11. The predicted octanol–water partition coefficient (Wildman–Crippen LogP) is 2.54. The second kappa shape index (κ2) is 6.25. The van der Waals surface area contributed by atoms with Crippen molar-refractivity contribution in [3.63, 3.8) is 0 Å². The molecule has 0 spiro atoms. The lowest BCUT2D eigenvalue weighted by Crippen LogP contribution is -2.14. The van der Waals surface area contributed by atoms with Crippen LogP contribution in [0.1, 0.15) is 30.3 Å². The summed E-state index contributed by atoms with van der Waals surface area (Å²) in [5.74, 6) is 0.602. The van der Waals surface area contributed by atoms with Gasteiger partial charge in [0.25, 0.3) is 5.95 Å². The number of rotatable bonds is 5. The van der Waals surface area contributed by atoms with Crippen molar-refractivity contribution in [1.29, 1.82) is 0 Å². The van der Waals surface area contributed by atoms with E-state index in [0.29, 0.717) is 5.95 Å². The van der Waals surface area contributed by atoms with E-state index in [9.17, 15) is 0 Å². The van der Waals surface area contributed by atoms with Gasteiger partial charge in [-0.3, -0.25) is 0 Å². The van der Waals surface area contributed by atoms with Crippen LogP contribution in [0.25, 0.3) is 5.95 Å². The zero-order valence-electron chi connectivity index (χ0n) is 11.4. The van der Waals surface area contributed by atoms with Crippen LogP contribution >= 0.6 is 15.9 Å². The van der Waals surface area contributed by atoms with Crippen molar-refractivity contribution < 1.29 is 0 Å². The van der Waals surface area contributed by atoms with E-state index < -0.39 is 0 Å². The zero-order chi connectivity index (χ0) is 13.8. The molecule has 0 saturated carbocycles. The van der Waals surface area contributed by atoms with E-state index in [4.69, 9.17) is 0 Å². The van der Waals surface area contributed by atoms with Crippen molar-refractivity contribution >= 4 is 15.9 Å². The molecule has 0 atom stereocenters. The molecule has 2 aromatic heterocycles. The minimum Gasteiger partial charge on any atom is -0.313 e. The third-order valence-electron chi connectivity index (χ3n) is 2.84. The summed E-state index contributed by atoms with van der Waals surface area (Å²) in [6.07, 6.45) is 4.81. The van der Waals surface area contributed by atoms with Gasteiger partial charge in [-0.05, 0) is 42.7 Å². The van der Waals surface area contributed by atoms with Gasteiger partial charge in [-0.2, -0.15) is 5.10 Å². The molecule has 0 fully saturated rings. The maximum atomic E-state index is 4.41. The SMILES string of the molecule is CCCNCc1cnc(-n2nc(C)c(Br)c2C)nc1. The van der Waals surface area contributed by atoms with Gasteiger partial charge in [-0.15, -0.1) is 0 Å². The van der Waals surface area contributed by atoms with E-state index in [1.165, 1.54) is 0 Å². The molecule has 0 amide bonds. The maximum Gasteiger partial charge on any atom is 0.250 e. The number of hydrogen-bond acceptors (Lipinski definition) is 4. The number of nitrogens with zero attached hydrogens (tertiary/aromatic N) is 4. The van der Waals surface area contributed by atoms with Crippen molar-refractivity contribution in [2.75, 3.05) is 6.54 Å². The molecule has 2 heterocycles. The summed E-state index contributed by atoms with van der Waals surface area (Å²) in [6.45, 7) is 7.90. The fourth-order valence-corrected chi connectivity index (χ4v) is 2.02. The largest absolute Gasteiger partial charge is 0.313 e. The van der Waals surface area contributed by atoms with Crippen LogP contribution in [-0.2, 0) is 6.54 Å². The summed E-state index contributed by atoms with van der Waals surface area (Å²) in [5, 5.41) is 7.74. The third-order valence-corrected chi connectivity index (χ3v) is 3.99. The minimum atomic E-state index is 0.602. The van der Waals surface area contributed by atoms with Gasteiger partial charge in [0.2, 0.25) is 0 Å². The molecule has 0 radical (unpaired) electrons. The molecule has 0 saturated heterocycles. The highest BCUT2D eigenvalue weighted by Crippen LogP contribution is 2.21. The van der Waals surface area contributed by atoms with Crippen LogP contribution in [0.2, 0.25) is 0 Å². The number of aromatic nitrogens is 4. The Kier molecular flexibility index (Phi) is 4.66. The smallest absolute Gasteiger partial charge is 0.250 e. The fraction of sp³-hybridized carbons (Fsp3) is 0.462. The Bertz CT molecular complexity index is 547. The topological polar surface area (TPSA) is 55.6 Å². The second-order valence-corrected chi connectivity index (χ2v) is 5.26. The van der Waals surface area contributed by atoms with E-state index in [1.54, 1.807) is 4.68 Å². The molecule has 2 aromatic rings. The van der Waals surface area contributed by atoms with Crippen LogP contribution in [0.15, 0.2) is 16.9 Å². The van der Waals surface area contributed by atoms with Gasteiger partial charge in [0.15, 0.2) is 0 Å². The summed E-state index contributed by atoms with van der Waals surface area (Å²) < 4.78 is 2.76. The quantitative estimate of drug-likeness (QED) is 0.859. The fourth-order valence-electron chi connectivity index (χ4n) is 1.78. The van der Waals surface area contributed by atoms with Crippen LogP contribution in [-0.4, -0.2) is 26.3 Å². The third kappa shape index (κ3) is 3.19. The lowest BCUT2D eigenvalue weighted by molar-refractivity contribution is 0.669. The van der Waals surface area contributed by atoms with Crippen LogP contribution in [0, 0.1) is 13.8 Å². The predicted molar refractivity (Wildman–Crippen MR) is 78.3 cm³/mol. The van der Waals surface area contributed by atoms with Gasteiger partial charge in [0.1, 0.15) is 0 Å². The summed E-state index contributed by atoms with van der Waals surface area (Å²) in [6, 6.07) is 0. The molecule has 0 aromatic carbocycles. The Hall–Kier alpha value is -1.27. The first-order valence-corrected chi connectivity index (χ1v) is 7.16. The molecule has 0 aliphatic carbocycles. The molecule has 6 heteroatoms. The number of nitrogens with one attached hydrogen (secondary N) is 1. The molecule has 0 aliphatic heterocycles. The number of aryl methyl sites for hydroxylation is 1. The first-order valence-electron chi connectivity index (χ1n) is 6.37. The molecule has 0 aliphatic rings.